The molecule has 0 bridgehead atoms. The first-order valence-corrected chi connectivity index (χ1v) is 4.17. The Kier molecular flexibility index (Phi) is 6.76. The first kappa shape index (κ1) is 13.3. The highest BCUT2D eigenvalue weighted by Gasteiger charge is 2.03. The van der Waals surface area contributed by atoms with Gasteiger partial charge in [-0.25, -0.2) is 9.59 Å². The first-order chi connectivity index (χ1) is 7.10. The van der Waals surface area contributed by atoms with Crippen molar-refractivity contribution in [2.24, 2.45) is 0 Å². The van der Waals surface area contributed by atoms with Gasteiger partial charge in [0.15, 0.2) is 6.61 Å². The van der Waals surface area contributed by atoms with Crippen LogP contribution in [0, 0.1) is 11.8 Å². The van der Waals surface area contributed by atoms with Crippen molar-refractivity contribution in [3.8, 4) is 11.8 Å². The third-order valence-electron chi connectivity index (χ3n) is 1.27. The van der Waals surface area contributed by atoms with E-state index in [1.165, 1.54) is 14.2 Å². The van der Waals surface area contributed by atoms with E-state index in [4.69, 9.17) is 0 Å². The SMILES string of the molecule is CNC(=O)OCC#CC(=O)OC(C)OC. The summed E-state index contributed by atoms with van der Waals surface area (Å²) in [5, 5.41) is 2.23. The van der Waals surface area contributed by atoms with E-state index in [9.17, 15) is 9.59 Å². The second-order valence-corrected chi connectivity index (χ2v) is 2.34. The molecule has 1 atom stereocenters. The van der Waals surface area contributed by atoms with Gasteiger partial charge in [-0.3, -0.25) is 0 Å². The average molecular weight is 215 g/mol. The zero-order chi connectivity index (χ0) is 11.7. The van der Waals surface area contributed by atoms with Gasteiger partial charge in [-0.1, -0.05) is 0 Å². The van der Waals surface area contributed by atoms with Gasteiger partial charge >= 0.3 is 12.1 Å². The number of hydrogen-bond acceptors (Lipinski definition) is 5. The highest BCUT2D eigenvalue weighted by Crippen LogP contribution is 1.90. The molecule has 0 aromatic rings. The minimum atomic E-state index is -0.732. The Hall–Kier alpha value is -1.74. The van der Waals surface area contributed by atoms with Crippen molar-refractivity contribution >= 4 is 12.1 Å². The molecule has 0 aliphatic heterocycles. The Labute approximate surface area is 87.9 Å². The number of ether oxygens (including phenoxy) is 3. The highest BCUT2D eigenvalue weighted by atomic mass is 16.7. The number of rotatable bonds is 3. The van der Waals surface area contributed by atoms with E-state index in [-0.39, 0.29) is 6.61 Å². The maximum absolute atomic E-state index is 10.9. The van der Waals surface area contributed by atoms with Crippen molar-refractivity contribution in [1.29, 1.82) is 0 Å². The molecule has 0 aliphatic rings. The molecule has 0 saturated heterocycles. The van der Waals surface area contributed by atoms with E-state index in [1.807, 2.05) is 0 Å². The predicted octanol–water partition coefficient (Wildman–Crippen LogP) is -0.119. The molecule has 84 valence electrons. The van der Waals surface area contributed by atoms with Crippen LogP contribution in [0.5, 0.6) is 0 Å². The smallest absolute Gasteiger partial charge is 0.407 e. The lowest BCUT2D eigenvalue weighted by Gasteiger charge is -2.06. The van der Waals surface area contributed by atoms with Gasteiger partial charge in [0, 0.05) is 20.1 Å². The van der Waals surface area contributed by atoms with Crippen molar-refractivity contribution in [2.45, 2.75) is 13.2 Å². The van der Waals surface area contributed by atoms with Gasteiger partial charge < -0.3 is 19.5 Å². The predicted molar refractivity (Wildman–Crippen MR) is 50.7 cm³/mol. The standard InChI is InChI=1S/C9H13NO5/c1-7(13-3)15-8(11)5-4-6-14-9(12)10-2/h7H,6H2,1-3H3,(H,10,12). The Morgan fingerprint density at radius 2 is 2.13 bits per heavy atom. The second kappa shape index (κ2) is 7.64. The number of esters is 1. The molecular formula is C9H13NO5. The molecule has 0 radical (unpaired) electrons. The normalized spacial score (nSPS) is 10.6. The summed E-state index contributed by atoms with van der Waals surface area (Å²) < 4.78 is 13.8. The van der Waals surface area contributed by atoms with Gasteiger partial charge in [-0.05, 0) is 12.8 Å². The third kappa shape index (κ3) is 7.34. The third-order valence-corrected chi connectivity index (χ3v) is 1.27. The van der Waals surface area contributed by atoms with Crippen LogP contribution < -0.4 is 5.32 Å². The van der Waals surface area contributed by atoms with Gasteiger partial charge in [0.2, 0.25) is 6.29 Å². The molecule has 0 heterocycles. The molecule has 6 nitrogen and oxygen atoms in total. The largest absolute Gasteiger partial charge is 0.436 e. The van der Waals surface area contributed by atoms with Gasteiger partial charge in [-0.2, -0.15) is 0 Å². The molecule has 0 saturated carbocycles. The zero-order valence-corrected chi connectivity index (χ0v) is 8.83. The van der Waals surface area contributed by atoms with Gasteiger partial charge in [-0.15, -0.1) is 0 Å². The Morgan fingerprint density at radius 3 is 2.67 bits per heavy atom. The molecule has 0 fully saturated rings. The van der Waals surface area contributed by atoms with Crippen LogP contribution in [0.15, 0.2) is 0 Å². The Bertz CT molecular complexity index is 278. The van der Waals surface area contributed by atoms with Gasteiger partial charge in [0.1, 0.15) is 0 Å². The van der Waals surface area contributed by atoms with Crippen molar-refractivity contribution in [2.75, 3.05) is 20.8 Å². The van der Waals surface area contributed by atoms with E-state index < -0.39 is 18.4 Å². The van der Waals surface area contributed by atoms with Crippen LogP contribution >= 0.6 is 0 Å². The molecule has 0 spiro atoms. The molecule has 6 heteroatoms. The quantitative estimate of drug-likeness (QED) is 0.307. The van der Waals surface area contributed by atoms with Crippen molar-refractivity contribution in [3.05, 3.63) is 0 Å². The number of carbonyl (C=O) groups is 2. The van der Waals surface area contributed by atoms with Crippen molar-refractivity contribution < 1.29 is 23.8 Å². The van der Waals surface area contributed by atoms with E-state index in [0.717, 1.165) is 0 Å². The number of carbonyl (C=O) groups excluding carboxylic acids is 2. The lowest BCUT2D eigenvalue weighted by atomic mass is 10.6. The number of amides is 1. The molecule has 1 unspecified atom stereocenters. The zero-order valence-electron chi connectivity index (χ0n) is 8.83. The second-order valence-electron chi connectivity index (χ2n) is 2.34. The lowest BCUT2D eigenvalue weighted by Crippen LogP contribution is -2.19. The van der Waals surface area contributed by atoms with Crippen LogP contribution in [-0.2, 0) is 19.0 Å². The summed E-state index contributed by atoms with van der Waals surface area (Å²) in [6.45, 7) is 1.39. The van der Waals surface area contributed by atoms with Crippen LogP contribution in [0.25, 0.3) is 0 Å². The number of methoxy groups -OCH3 is 1. The average Bonchev–Trinajstić information content (AvgIpc) is 2.23. The van der Waals surface area contributed by atoms with Crippen LogP contribution in [0.2, 0.25) is 0 Å². The fourth-order valence-corrected chi connectivity index (χ4v) is 0.510. The fourth-order valence-electron chi connectivity index (χ4n) is 0.510. The summed E-state index contributed by atoms with van der Waals surface area (Å²) in [6, 6.07) is 0. The molecule has 15 heavy (non-hydrogen) atoms. The molecule has 1 N–H and O–H groups in total. The summed E-state index contributed by atoms with van der Waals surface area (Å²) >= 11 is 0. The monoisotopic (exact) mass is 215 g/mol. The van der Waals surface area contributed by atoms with Crippen LogP contribution in [0.4, 0.5) is 4.79 Å². The molecule has 1 amide bonds. The molecule has 0 aromatic carbocycles. The van der Waals surface area contributed by atoms with Crippen LogP contribution in [0.3, 0.4) is 0 Å². The van der Waals surface area contributed by atoms with Crippen LogP contribution in [-0.4, -0.2) is 39.1 Å². The summed E-state index contributed by atoms with van der Waals surface area (Å²) in [6.07, 6.45) is -1.26. The number of alkyl carbamates (subject to hydrolysis) is 1. The Morgan fingerprint density at radius 1 is 1.47 bits per heavy atom. The summed E-state index contributed by atoms with van der Waals surface area (Å²) in [7, 11) is 2.82. The van der Waals surface area contributed by atoms with Crippen molar-refractivity contribution in [1.82, 2.24) is 5.32 Å². The lowest BCUT2D eigenvalue weighted by molar-refractivity contribution is -0.162. The molecule has 0 rings (SSSR count). The molecule has 0 aliphatic carbocycles. The minimum absolute atomic E-state index is 0.170. The van der Waals surface area contributed by atoms with Crippen LogP contribution in [0.1, 0.15) is 6.92 Å². The van der Waals surface area contributed by atoms with E-state index in [1.54, 1.807) is 6.92 Å². The van der Waals surface area contributed by atoms with Gasteiger partial charge in [0.05, 0.1) is 0 Å². The number of hydrogen-bond donors (Lipinski definition) is 1. The molecule has 0 aromatic heterocycles. The first-order valence-electron chi connectivity index (χ1n) is 4.17. The maximum Gasteiger partial charge on any atom is 0.407 e. The van der Waals surface area contributed by atoms with E-state index in [0.29, 0.717) is 0 Å². The summed E-state index contributed by atoms with van der Waals surface area (Å²) in [4.78, 5) is 21.4. The van der Waals surface area contributed by atoms with E-state index in [2.05, 4.69) is 31.4 Å². The number of nitrogens with one attached hydrogen (secondary N) is 1. The Balaban J connectivity index is 3.77. The summed E-state index contributed by atoms with van der Waals surface area (Å²) in [5.74, 6) is 3.72. The van der Waals surface area contributed by atoms with E-state index >= 15 is 0 Å². The van der Waals surface area contributed by atoms with Crippen molar-refractivity contribution in [3.63, 3.8) is 0 Å². The highest BCUT2D eigenvalue weighted by molar-refractivity contribution is 5.88. The minimum Gasteiger partial charge on any atom is -0.436 e. The fraction of sp³-hybridized carbons (Fsp3) is 0.556. The topological polar surface area (TPSA) is 73.9 Å². The van der Waals surface area contributed by atoms with Gasteiger partial charge in [0.25, 0.3) is 0 Å². The maximum atomic E-state index is 10.9. The molecular weight excluding hydrogens is 202 g/mol. The summed E-state index contributed by atoms with van der Waals surface area (Å²) in [5.41, 5.74) is 0.